The number of rotatable bonds is 2. The van der Waals surface area contributed by atoms with Crippen LogP contribution in [0.1, 0.15) is 32.6 Å². The van der Waals surface area contributed by atoms with Gasteiger partial charge in [-0.05, 0) is 51.1 Å². The Morgan fingerprint density at radius 3 is 2.75 bits per heavy atom. The summed E-state index contributed by atoms with van der Waals surface area (Å²) in [7, 11) is 3.94. The Hall–Kier alpha value is -0.120. The van der Waals surface area contributed by atoms with Gasteiger partial charge in [0.15, 0.2) is 0 Å². The average Bonchev–Trinajstić information content (AvgIpc) is 2.28. The third kappa shape index (κ3) is 2.13. The Morgan fingerprint density at radius 1 is 1.38 bits per heavy atom. The van der Waals surface area contributed by atoms with Crippen molar-refractivity contribution >= 4 is 0 Å². The van der Waals surface area contributed by atoms with Gasteiger partial charge in [-0.15, -0.1) is 0 Å². The number of likely N-dealkylation sites (tertiary alicyclic amines) is 1. The summed E-state index contributed by atoms with van der Waals surface area (Å²) in [5.74, 6) is 1.43. The molecule has 0 bridgehead atoms. The smallest absolute Gasteiger partial charge is 0.0833 e. The topological polar surface area (TPSA) is 32.7 Å². The lowest BCUT2D eigenvalue weighted by Gasteiger charge is -2.49. The molecule has 3 heteroatoms. The Bertz CT molecular complexity index is 234. The SMILES string of the molecule is CCC1C2CC(O)C(OC)CC2CCN1C. The molecule has 0 aromatic carbocycles. The second-order valence-electron chi connectivity index (χ2n) is 5.48. The molecule has 0 radical (unpaired) electrons. The minimum absolute atomic E-state index is 0.0714. The van der Waals surface area contributed by atoms with E-state index in [2.05, 4.69) is 18.9 Å². The van der Waals surface area contributed by atoms with Crippen molar-refractivity contribution in [3.8, 4) is 0 Å². The maximum absolute atomic E-state index is 10.1. The first-order valence-electron chi connectivity index (χ1n) is 6.58. The number of ether oxygens (including phenoxy) is 1. The van der Waals surface area contributed by atoms with Gasteiger partial charge >= 0.3 is 0 Å². The van der Waals surface area contributed by atoms with Crippen molar-refractivity contribution in [1.29, 1.82) is 0 Å². The van der Waals surface area contributed by atoms with Crippen LogP contribution in [-0.2, 0) is 4.74 Å². The summed E-state index contributed by atoms with van der Waals surface area (Å²) in [6.07, 6.45) is 4.25. The molecule has 1 aliphatic carbocycles. The summed E-state index contributed by atoms with van der Waals surface area (Å²) < 4.78 is 5.38. The fourth-order valence-electron chi connectivity index (χ4n) is 3.79. The highest BCUT2D eigenvalue weighted by Gasteiger charge is 2.42. The number of aliphatic hydroxyl groups is 1. The zero-order chi connectivity index (χ0) is 11.7. The van der Waals surface area contributed by atoms with E-state index in [0.29, 0.717) is 12.0 Å². The van der Waals surface area contributed by atoms with Gasteiger partial charge in [0, 0.05) is 13.2 Å². The van der Waals surface area contributed by atoms with Gasteiger partial charge in [0.25, 0.3) is 0 Å². The Morgan fingerprint density at radius 2 is 2.12 bits per heavy atom. The van der Waals surface area contributed by atoms with Gasteiger partial charge in [-0.25, -0.2) is 0 Å². The maximum atomic E-state index is 10.1. The number of aliphatic hydroxyl groups excluding tert-OH is 1. The van der Waals surface area contributed by atoms with E-state index in [1.54, 1.807) is 7.11 Å². The summed E-state index contributed by atoms with van der Waals surface area (Å²) in [6.45, 7) is 3.46. The second kappa shape index (κ2) is 5.03. The quantitative estimate of drug-likeness (QED) is 0.776. The first kappa shape index (κ1) is 12.3. The van der Waals surface area contributed by atoms with E-state index in [1.165, 1.54) is 19.4 Å². The van der Waals surface area contributed by atoms with E-state index in [1.807, 2.05) is 0 Å². The van der Waals surface area contributed by atoms with Crippen molar-refractivity contribution in [1.82, 2.24) is 4.90 Å². The lowest BCUT2D eigenvalue weighted by molar-refractivity contribution is -0.0968. The molecular formula is C13H25NO2. The maximum Gasteiger partial charge on any atom is 0.0833 e. The highest BCUT2D eigenvalue weighted by molar-refractivity contribution is 4.95. The molecule has 1 saturated heterocycles. The fraction of sp³-hybridized carbons (Fsp3) is 1.00. The Balaban J connectivity index is 2.07. The van der Waals surface area contributed by atoms with Crippen LogP contribution >= 0.6 is 0 Å². The van der Waals surface area contributed by atoms with Gasteiger partial charge in [-0.3, -0.25) is 0 Å². The lowest BCUT2D eigenvalue weighted by atomic mass is 9.68. The third-order valence-corrected chi connectivity index (χ3v) is 4.72. The average molecular weight is 227 g/mol. The molecule has 2 fully saturated rings. The van der Waals surface area contributed by atoms with Crippen LogP contribution in [0.3, 0.4) is 0 Å². The van der Waals surface area contributed by atoms with Gasteiger partial charge < -0.3 is 14.7 Å². The summed E-state index contributed by atoms with van der Waals surface area (Å²) >= 11 is 0. The predicted octanol–water partition coefficient (Wildman–Crippen LogP) is 1.50. The number of hydrogen-bond donors (Lipinski definition) is 1. The molecule has 1 heterocycles. The van der Waals surface area contributed by atoms with Crippen molar-refractivity contribution in [3.05, 3.63) is 0 Å². The zero-order valence-corrected chi connectivity index (χ0v) is 10.7. The van der Waals surface area contributed by atoms with Crippen LogP contribution < -0.4 is 0 Å². The summed E-state index contributed by atoms with van der Waals surface area (Å²) in [5.41, 5.74) is 0. The first-order chi connectivity index (χ1) is 7.67. The van der Waals surface area contributed by atoms with Gasteiger partial charge in [0.2, 0.25) is 0 Å². The minimum atomic E-state index is -0.258. The Kier molecular flexibility index (Phi) is 3.88. The second-order valence-corrected chi connectivity index (χ2v) is 5.48. The molecule has 5 unspecified atom stereocenters. The van der Waals surface area contributed by atoms with Crippen LogP contribution in [0.2, 0.25) is 0 Å². The molecule has 5 atom stereocenters. The first-order valence-corrected chi connectivity index (χ1v) is 6.58. The zero-order valence-electron chi connectivity index (χ0n) is 10.7. The fourth-order valence-corrected chi connectivity index (χ4v) is 3.79. The van der Waals surface area contributed by atoms with Crippen LogP contribution in [0.15, 0.2) is 0 Å². The van der Waals surface area contributed by atoms with E-state index in [0.717, 1.165) is 18.8 Å². The number of fused-ring (bicyclic) bond motifs is 1. The molecule has 0 aromatic heterocycles. The molecule has 2 aliphatic rings. The van der Waals surface area contributed by atoms with Crippen LogP contribution in [0.5, 0.6) is 0 Å². The molecule has 94 valence electrons. The standard InChI is InChI=1S/C13H25NO2/c1-4-11-10-8-12(15)13(16-3)7-9(10)5-6-14(11)2/h9-13,15H,4-8H2,1-3H3. The molecule has 1 saturated carbocycles. The van der Waals surface area contributed by atoms with Crippen molar-refractivity contribution in [2.75, 3.05) is 20.7 Å². The third-order valence-electron chi connectivity index (χ3n) is 4.72. The van der Waals surface area contributed by atoms with Crippen molar-refractivity contribution in [3.63, 3.8) is 0 Å². The van der Waals surface area contributed by atoms with Crippen molar-refractivity contribution < 1.29 is 9.84 Å². The number of methoxy groups -OCH3 is 1. The van der Waals surface area contributed by atoms with Crippen molar-refractivity contribution in [2.24, 2.45) is 11.8 Å². The monoisotopic (exact) mass is 227 g/mol. The number of piperidine rings is 1. The molecule has 1 aliphatic heterocycles. The van der Waals surface area contributed by atoms with Gasteiger partial charge in [-0.1, -0.05) is 6.92 Å². The summed E-state index contributed by atoms with van der Waals surface area (Å²) in [6, 6.07) is 0.659. The van der Waals surface area contributed by atoms with Gasteiger partial charge in [-0.2, -0.15) is 0 Å². The molecule has 1 N–H and O–H groups in total. The predicted molar refractivity (Wildman–Crippen MR) is 64.3 cm³/mol. The van der Waals surface area contributed by atoms with Crippen LogP contribution in [-0.4, -0.2) is 49.0 Å². The van der Waals surface area contributed by atoms with Gasteiger partial charge in [0.1, 0.15) is 0 Å². The van der Waals surface area contributed by atoms with Crippen LogP contribution in [0, 0.1) is 11.8 Å². The van der Waals surface area contributed by atoms with E-state index in [-0.39, 0.29) is 12.2 Å². The highest BCUT2D eigenvalue weighted by Crippen LogP contribution is 2.41. The highest BCUT2D eigenvalue weighted by atomic mass is 16.5. The molecule has 2 rings (SSSR count). The molecule has 0 aromatic rings. The Labute approximate surface area is 98.8 Å². The van der Waals surface area contributed by atoms with E-state index >= 15 is 0 Å². The molecule has 0 spiro atoms. The van der Waals surface area contributed by atoms with E-state index in [9.17, 15) is 5.11 Å². The van der Waals surface area contributed by atoms with E-state index in [4.69, 9.17) is 4.74 Å². The largest absolute Gasteiger partial charge is 0.390 e. The van der Waals surface area contributed by atoms with Crippen LogP contribution in [0.25, 0.3) is 0 Å². The molecule has 0 amide bonds. The van der Waals surface area contributed by atoms with E-state index < -0.39 is 0 Å². The minimum Gasteiger partial charge on any atom is -0.390 e. The summed E-state index contributed by atoms with van der Waals surface area (Å²) in [5, 5.41) is 10.1. The summed E-state index contributed by atoms with van der Waals surface area (Å²) in [4.78, 5) is 2.47. The molecule has 3 nitrogen and oxygen atoms in total. The number of nitrogens with zero attached hydrogens (tertiary/aromatic N) is 1. The van der Waals surface area contributed by atoms with Crippen LogP contribution in [0.4, 0.5) is 0 Å². The molecule has 16 heavy (non-hydrogen) atoms. The molecular weight excluding hydrogens is 202 g/mol. The van der Waals surface area contributed by atoms with Gasteiger partial charge in [0.05, 0.1) is 12.2 Å². The lowest BCUT2D eigenvalue weighted by Crippen LogP contribution is -2.53. The number of hydrogen-bond acceptors (Lipinski definition) is 3. The normalized spacial score (nSPS) is 45.4. The van der Waals surface area contributed by atoms with Crippen molar-refractivity contribution in [2.45, 2.75) is 50.9 Å².